The third-order valence-electron chi connectivity index (χ3n) is 4.44. The number of hydrogen-bond donors (Lipinski definition) is 3. The van der Waals surface area contributed by atoms with Crippen molar-refractivity contribution >= 4 is 34.8 Å². The zero-order chi connectivity index (χ0) is 21.7. The lowest BCUT2D eigenvalue weighted by atomic mass is 10.1. The lowest BCUT2D eigenvalue weighted by Gasteiger charge is -2.13. The molecule has 1 heterocycles. The van der Waals surface area contributed by atoms with Crippen LogP contribution in [0.25, 0.3) is 0 Å². The summed E-state index contributed by atoms with van der Waals surface area (Å²) in [5.41, 5.74) is 5.39. The molecule has 0 aliphatic heterocycles. The van der Waals surface area contributed by atoms with Crippen molar-refractivity contribution in [2.75, 3.05) is 16.0 Å². The number of nitrogens with one attached hydrogen (secondary N) is 3. The highest BCUT2D eigenvalue weighted by Gasteiger charge is 2.10. The van der Waals surface area contributed by atoms with Crippen molar-refractivity contribution in [3.05, 3.63) is 71.0 Å². The minimum atomic E-state index is -0.223. The molecule has 3 aromatic rings. The molecule has 154 valence electrons. The summed E-state index contributed by atoms with van der Waals surface area (Å²) in [6.07, 6.45) is 0.759. The van der Waals surface area contributed by atoms with Gasteiger partial charge >= 0.3 is 0 Å². The Hall–Kier alpha value is -3.74. The third-order valence-corrected chi connectivity index (χ3v) is 4.44. The van der Waals surface area contributed by atoms with E-state index in [-0.39, 0.29) is 11.8 Å². The molecule has 0 radical (unpaired) electrons. The van der Waals surface area contributed by atoms with Crippen molar-refractivity contribution in [2.45, 2.75) is 34.1 Å². The van der Waals surface area contributed by atoms with E-state index in [2.05, 4.69) is 25.9 Å². The first-order valence-corrected chi connectivity index (χ1v) is 9.75. The molecule has 0 unspecified atom stereocenters. The van der Waals surface area contributed by atoms with E-state index < -0.39 is 0 Å². The van der Waals surface area contributed by atoms with Gasteiger partial charge in [-0.1, -0.05) is 13.0 Å². The molecular formula is C23H25N5O2. The summed E-state index contributed by atoms with van der Waals surface area (Å²) in [5, 5.41) is 8.83. The number of nitrogens with zero attached hydrogens (tertiary/aromatic N) is 2. The SMILES string of the molecule is CCc1ccc(NC(C)=O)cc1NC(=O)c1ccc(Nc2nc(C)cc(C)n2)cc1. The van der Waals surface area contributed by atoms with E-state index in [0.717, 1.165) is 29.1 Å². The molecule has 30 heavy (non-hydrogen) atoms. The molecule has 3 N–H and O–H groups in total. The largest absolute Gasteiger partial charge is 0.326 e. The first-order chi connectivity index (χ1) is 14.3. The van der Waals surface area contributed by atoms with Crippen LogP contribution in [0.2, 0.25) is 0 Å². The summed E-state index contributed by atoms with van der Waals surface area (Å²) < 4.78 is 0. The van der Waals surface area contributed by atoms with Gasteiger partial charge < -0.3 is 16.0 Å². The van der Waals surface area contributed by atoms with Gasteiger partial charge in [0.1, 0.15) is 0 Å². The van der Waals surface area contributed by atoms with Crippen molar-refractivity contribution in [1.29, 1.82) is 0 Å². The Labute approximate surface area is 176 Å². The number of benzene rings is 2. The van der Waals surface area contributed by atoms with Gasteiger partial charge in [-0.25, -0.2) is 9.97 Å². The first kappa shape index (κ1) is 21.0. The highest BCUT2D eigenvalue weighted by molar-refractivity contribution is 6.05. The standard InChI is InChI=1S/C23H25N5O2/c1-5-17-6-11-20(26-16(4)29)13-21(17)28-22(30)18-7-9-19(10-8-18)27-23-24-14(2)12-15(3)25-23/h6-13H,5H2,1-4H3,(H,26,29)(H,28,30)(H,24,25,27). The van der Waals surface area contributed by atoms with Gasteiger partial charge in [0, 0.05) is 40.9 Å². The van der Waals surface area contributed by atoms with Crippen molar-refractivity contribution in [3.63, 3.8) is 0 Å². The fourth-order valence-corrected chi connectivity index (χ4v) is 3.09. The van der Waals surface area contributed by atoms with Crippen LogP contribution < -0.4 is 16.0 Å². The van der Waals surface area contributed by atoms with E-state index in [1.165, 1.54) is 6.92 Å². The molecule has 0 aliphatic carbocycles. The van der Waals surface area contributed by atoms with Crippen LogP contribution in [0.15, 0.2) is 48.5 Å². The van der Waals surface area contributed by atoms with E-state index in [1.807, 2.05) is 51.1 Å². The quantitative estimate of drug-likeness (QED) is 0.558. The molecule has 2 amide bonds. The van der Waals surface area contributed by atoms with Crippen LogP contribution in [-0.4, -0.2) is 21.8 Å². The summed E-state index contributed by atoms with van der Waals surface area (Å²) >= 11 is 0. The lowest BCUT2D eigenvalue weighted by molar-refractivity contribution is -0.114. The first-order valence-electron chi connectivity index (χ1n) is 9.75. The van der Waals surface area contributed by atoms with Gasteiger partial charge in [-0.2, -0.15) is 0 Å². The minimum Gasteiger partial charge on any atom is -0.326 e. The second-order valence-corrected chi connectivity index (χ2v) is 7.04. The number of aryl methyl sites for hydroxylation is 3. The predicted octanol–water partition coefficient (Wildman–Crippen LogP) is 4.61. The minimum absolute atomic E-state index is 0.160. The van der Waals surface area contributed by atoms with Gasteiger partial charge in [0.2, 0.25) is 11.9 Å². The van der Waals surface area contributed by atoms with E-state index in [4.69, 9.17) is 0 Å². The summed E-state index contributed by atoms with van der Waals surface area (Å²) in [6.45, 7) is 7.29. The molecule has 0 fully saturated rings. The fourth-order valence-electron chi connectivity index (χ4n) is 3.09. The molecule has 3 rings (SSSR count). The Kier molecular flexibility index (Phi) is 6.41. The molecule has 7 nitrogen and oxygen atoms in total. The predicted molar refractivity (Wildman–Crippen MR) is 119 cm³/mol. The Morgan fingerprint density at radius 1 is 0.867 bits per heavy atom. The molecule has 0 saturated carbocycles. The van der Waals surface area contributed by atoms with Crippen LogP contribution >= 0.6 is 0 Å². The monoisotopic (exact) mass is 403 g/mol. The molecule has 2 aromatic carbocycles. The zero-order valence-corrected chi connectivity index (χ0v) is 17.5. The maximum atomic E-state index is 12.7. The third kappa shape index (κ3) is 5.41. The molecule has 7 heteroatoms. The number of carbonyl (C=O) groups excluding carboxylic acids is 2. The Bertz CT molecular complexity index is 1060. The van der Waals surface area contributed by atoms with Crippen LogP contribution in [0.1, 0.15) is 41.2 Å². The fraction of sp³-hybridized carbons (Fsp3) is 0.217. The maximum absolute atomic E-state index is 12.7. The molecule has 0 spiro atoms. The van der Waals surface area contributed by atoms with Gasteiger partial charge in [0.05, 0.1) is 0 Å². The topological polar surface area (TPSA) is 96.0 Å². The van der Waals surface area contributed by atoms with Gasteiger partial charge in [0.15, 0.2) is 0 Å². The summed E-state index contributed by atoms with van der Waals surface area (Å²) in [6, 6.07) is 14.5. The highest BCUT2D eigenvalue weighted by atomic mass is 16.2. The zero-order valence-electron chi connectivity index (χ0n) is 17.5. The van der Waals surface area contributed by atoms with E-state index in [9.17, 15) is 9.59 Å². The van der Waals surface area contributed by atoms with Gasteiger partial charge in [-0.15, -0.1) is 0 Å². The van der Waals surface area contributed by atoms with Gasteiger partial charge in [0.25, 0.3) is 5.91 Å². The molecule has 0 bridgehead atoms. The Morgan fingerprint density at radius 3 is 2.10 bits per heavy atom. The van der Waals surface area contributed by atoms with Crippen molar-refractivity contribution in [2.24, 2.45) is 0 Å². The van der Waals surface area contributed by atoms with Crippen molar-refractivity contribution in [1.82, 2.24) is 9.97 Å². The van der Waals surface area contributed by atoms with Crippen LogP contribution in [-0.2, 0) is 11.2 Å². The second-order valence-electron chi connectivity index (χ2n) is 7.04. The number of rotatable bonds is 6. The van der Waals surface area contributed by atoms with Crippen molar-refractivity contribution < 1.29 is 9.59 Å². The van der Waals surface area contributed by atoms with Crippen LogP contribution in [0.3, 0.4) is 0 Å². The molecule has 0 aliphatic rings. The second kappa shape index (κ2) is 9.17. The van der Waals surface area contributed by atoms with Gasteiger partial charge in [-0.3, -0.25) is 9.59 Å². The number of anilines is 4. The van der Waals surface area contributed by atoms with E-state index in [0.29, 0.717) is 22.9 Å². The average Bonchev–Trinajstić information content (AvgIpc) is 2.67. The number of hydrogen-bond acceptors (Lipinski definition) is 5. The Morgan fingerprint density at radius 2 is 1.50 bits per heavy atom. The molecule has 0 atom stereocenters. The Balaban J connectivity index is 1.74. The summed E-state index contributed by atoms with van der Waals surface area (Å²) in [7, 11) is 0. The van der Waals surface area contributed by atoms with E-state index >= 15 is 0 Å². The highest BCUT2D eigenvalue weighted by Crippen LogP contribution is 2.23. The summed E-state index contributed by atoms with van der Waals surface area (Å²) in [5.74, 6) is 0.137. The molecule has 1 aromatic heterocycles. The average molecular weight is 403 g/mol. The maximum Gasteiger partial charge on any atom is 0.255 e. The smallest absolute Gasteiger partial charge is 0.255 e. The number of amides is 2. The van der Waals surface area contributed by atoms with Crippen LogP contribution in [0, 0.1) is 13.8 Å². The molecular weight excluding hydrogens is 378 g/mol. The van der Waals surface area contributed by atoms with Gasteiger partial charge in [-0.05, 0) is 68.3 Å². The van der Waals surface area contributed by atoms with Crippen LogP contribution in [0.5, 0.6) is 0 Å². The van der Waals surface area contributed by atoms with Crippen LogP contribution in [0.4, 0.5) is 23.0 Å². The lowest BCUT2D eigenvalue weighted by Crippen LogP contribution is -2.14. The van der Waals surface area contributed by atoms with E-state index in [1.54, 1.807) is 18.2 Å². The molecule has 0 saturated heterocycles. The summed E-state index contributed by atoms with van der Waals surface area (Å²) in [4.78, 5) is 32.8. The number of carbonyl (C=O) groups is 2. The van der Waals surface area contributed by atoms with Crippen molar-refractivity contribution in [3.8, 4) is 0 Å². The number of aromatic nitrogens is 2. The normalized spacial score (nSPS) is 10.4.